The number of hydrogen-bond acceptors (Lipinski definition) is 3. The van der Waals surface area contributed by atoms with E-state index in [1.807, 2.05) is 13.0 Å². The first-order chi connectivity index (χ1) is 9.47. The molecule has 1 aromatic carbocycles. The van der Waals surface area contributed by atoms with Crippen LogP contribution in [0.2, 0.25) is 5.02 Å². The molecule has 1 unspecified atom stereocenters. The van der Waals surface area contributed by atoms with Gasteiger partial charge < -0.3 is 4.90 Å². The van der Waals surface area contributed by atoms with Crippen molar-refractivity contribution in [1.29, 1.82) is 0 Å². The molecule has 1 atom stereocenters. The summed E-state index contributed by atoms with van der Waals surface area (Å²) in [7, 11) is 0. The van der Waals surface area contributed by atoms with Gasteiger partial charge in [-0.2, -0.15) is 0 Å². The molecule has 0 radical (unpaired) electrons. The molecule has 20 heavy (non-hydrogen) atoms. The molecule has 0 aromatic heterocycles. The quantitative estimate of drug-likeness (QED) is 0.796. The number of carbonyl (C=O) groups excluding carboxylic acids is 3. The number of imide groups is 1. The van der Waals surface area contributed by atoms with Crippen LogP contribution in [0.3, 0.4) is 0 Å². The Morgan fingerprint density at radius 3 is 2.75 bits per heavy atom. The zero-order valence-electron chi connectivity index (χ0n) is 10.9. The van der Waals surface area contributed by atoms with Gasteiger partial charge in [-0.3, -0.25) is 19.7 Å². The van der Waals surface area contributed by atoms with Crippen LogP contribution in [0.5, 0.6) is 0 Å². The van der Waals surface area contributed by atoms with E-state index in [0.29, 0.717) is 23.6 Å². The lowest BCUT2D eigenvalue weighted by molar-refractivity contribution is -0.136. The van der Waals surface area contributed by atoms with E-state index in [-0.39, 0.29) is 18.2 Å². The minimum Gasteiger partial charge on any atom is -0.322 e. The van der Waals surface area contributed by atoms with Crippen LogP contribution in [-0.2, 0) is 16.1 Å². The topological polar surface area (TPSA) is 66.5 Å². The van der Waals surface area contributed by atoms with E-state index < -0.39 is 11.9 Å². The summed E-state index contributed by atoms with van der Waals surface area (Å²) in [6, 6.07) is 3.06. The first kappa shape index (κ1) is 13.1. The summed E-state index contributed by atoms with van der Waals surface area (Å²) in [6.45, 7) is 2.27. The molecule has 1 aromatic rings. The summed E-state index contributed by atoms with van der Waals surface area (Å²) in [5.41, 5.74) is 2.29. The molecule has 1 saturated heterocycles. The van der Waals surface area contributed by atoms with Crippen LogP contribution in [0.4, 0.5) is 0 Å². The molecule has 6 heteroatoms. The second kappa shape index (κ2) is 4.59. The Kier molecular flexibility index (Phi) is 3.01. The van der Waals surface area contributed by atoms with Crippen LogP contribution < -0.4 is 5.32 Å². The Balaban J connectivity index is 1.92. The van der Waals surface area contributed by atoms with E-state index in [4.69, 9.17) is 11.6 Å². The number of nitrogens with zero attached hydrogens (tertiary/aromatic N) is 1. The third-order valence-electron chi connectivity index (χ3n) is 3.72. The van der Waals surface area contributed by atoms with E-state index >= 15 is 0 Å². The van der Waals surface area contributed by atoms with E-state index in [1.165, 1.54) is 4.90 Å². The summed E-state index contributed by atoms with van der Waals surface area (Å²) in [6.07, 6.45) is 0.615. The molecule has 5 nitrogen and oxygen atoms in total. The van der Waals surface area contributed by atoms with Crippen molar-refractivity contribution in [1.82, 2.24) is 10.2 Å². The second-order valence-corrected chi connectivity index (χ2v) is 5.59. The summed E-state index contributed by atoms with van der Waals surface area (Å²) < 4.78 is 0. The van der Waals surface area contributed by atoms with Gasteiger partial charge in [0, 0.05) is 13.0 Å². The van der Waals surface area contributed by atoms with Crippen LogP contribution in [-0.4, -0.2) is 28.7 Å². The summed E-state index contributed by atoms with van der Waals surface area (Å²) in [5, 5.41) is 2.69. The third kappa shape index (κ3) is 1.98. The molecule has 2 heterocycles. The number of carbonyl (C=O) groups is 3. The number of piperidine rings is 1. The van der Waals surface area contributed by atoms with Gasteiger partial charge in [-0.25, -0.2) is 0 Å². The van der Waals surface area contributed by atoms with Gasteiger partial charge >= 0.3 is 0 Å². The smallest absolute Gasteiger partial charge is 0.256 e. The number of fused-ring (bicyclic) bond motifs is 1. The lowest BCUT2D eigenvalue weighted by Gasteiger charge is -2.29. The lowest BCUT2D eigenvalue weighted by Crippen LogP contribution is -2.52. The van der Waals surface area contributed by atoms with Crippen LogP contribution >= 0.6 is 11.6 Å². The largest absolute Gasteiger partial charge is 0.322 e. The van der Waals surface area contributed by atoms with Gasteiger partial charge in [-0.05, 0) is 30.5 Å². The molecule has 0 saturated carbocycles. The summed E-state index contributed by atoms with van der Waals surface area (Å²) in [4.78, 5) is 37.0. The number of benzene rings is 1. The van der Waals surface area contributed by atoms with Crippen molar-refractivity contribution < 1.29 is 14.4 Å². The maximum atomic E-state index is 12.4. The Hall–Kier alpha value is -1.88. The maximum absolute atomic E-state index is 12.4. The highest BCUT2D eigenvalue weighted by atomic mass is 35.5. The normalized spacial score (nSPS) is 22.0. The fourth-order valence-corrected chi connectivity index (χ4v) is 3.18. The monoisotopic (exact) mass is 292 g/mol. The Morgan fingerprint density at radius 1 is 1.30 bits per heavy atom. The molecule has 3 amide bonds. The Morgan fingerprint density at radius 2 is 2.05 bits per heavy atom. The number of aryl methyl sites for hydroxylation is 1. The molecular formula is C14H13ClN2O3. The average molecular weight is 293 g/mol. The Labute approximate surface area is 120 Å². The first-order valence-electron chi connectivity index (χ1n) is 6.41. The van der Waals surface area contributed by atoms with Gasteiger partial charge in [0.2, 0.25) is 11.8 Å². The highest BCUT2D eigenvalue weighted by Gasteiger charge is 2.39. The lowest BCUT2D eigenvalue weighted by atomic mass is 10.0. The third-order valence-corrected chi connectivity index (χ3v) is 4.02. The maximum Gasteiger partial charge on any atom is 0.256 e. The van der Waals surface area contributed by atoms with Crippen LogP contribution in [0.15, 0.2) is 12.1 Å². The molecule has 0 spiro atoms. The van der Waals surface area contributed by atoms with Crippen molar-refractivity contribution in [2.75, 3.05) is 0 Å². The number of hydrogen-bond donors (Lipinski definition) is 1. The number of nitrogens with one attached hydrogen (secondary N) is 1. The van der Waals surface area contributed by atoms with Crippen molar-refractivity contribution >= 4 is 29.3 Å². The zero-order valence-corrected chi connectivity index (χ0v) is 11.7. The molecule has 1 N–H and O–H groups in total. The zero-order chi connectivity index (χ0) is 14.4. The molecule has 104 valence electrons. The van der Waals surface area contributed by atoms with Gasteiger partial charge in [-0.15, -0.1) is 0 Å². The highest BCUT2D eigenvalue weighted by molar-refractivity contribution is 6.34. The summed E-state index contributed by atoms with van der Waals surface area (Å²) in [5.74, 6) is -0.931. The predicted octanol–water partition coefficient (Wildman–Crippen LogP) is 1.41. The summed E-state index contributed by atoms with van der Waals surface area (Å²) >= 11 is 6.13. The average Bonchev–Trinajstić information content (AvgIpc) is 2.66. The van der Waals surface area contributed by atoms with Gasteiger partial charge in [0.05, 0.1) is 10.6 Å². The molecule has 1 fully saturated rings. The molecule has 3 rings (SSSR count). The molecule has 0 aliphatic carbocycles. The molecule has 0 bridgehead atoms. The van der Waals surface area contributed by atoms with Crippen LogP contribution in [0.1, 0.15) is 34.3 Å². The van der Waals surface area contributed by atoms with Crippen molar-refractivity contribution in [3.8, 4) is 0 Å². The SMILES string of the molecule is Cc1cc(Cl)c2c(c1)CN(C1CCC(=O)NC1=O)C2=O. The number of amides is 3. The van der Waals surface area contributed by atoms with Gasteiger partial charge in [-0.1, -0.05) is 17.7 Å². The van der Waals surface area contributed by atoms with Crippen molar-refractivity contribution in [2.45, 2.75) is 32.4 Å². The van der Waals surface area contributed by atoms with Gasteiger partial charge in [0.15, 0.2) is 0 Å². The van der Waals surface area contributed by atoms with Crippen molar-refractivity contribution in [3.05, 3.63) is 33.8 Å². The van der Waals surface area contributed by atoms with E-state index in [2.05, 4.69) is 5.32 Å². The van der Waals surface area contributed by atoms with Crippen LogP contribution in [0, 0.1) is 6.92 Å². The second-order valence-electron chi connectivity index (χ2n) is 5.18. The van der Waals surface area contributed by atoms with Gasteiger partial charge in [0.1, 0.15) is 6.04 Å². The molecule has 2 aliphatic heterocycles. The molecule has 2 aliphatic rings. The van der Waals surface area contributed by atoms with E-state index in [1.54, 1.807) is 6.07 Å². The Bertz CT molecular complexity index is 642. The number of halogens is 1. The standard InChI is InChI=1S/C14H13ClN2O3/c1-7-4-8-6-17(14(20)12(8)9(15)5-7)10-2-3-11(18)16-13(10)19/h4-5,10H,2-3,6H2,1H3,(H,16,18,19). The van der Waals surface area contributed by atoms with E-state index in [0.717, 1.165) is 11.1 Å². The minimum absolute atomic E-state index is 0.237. The molecular weight excluding hydrogens is 280 g/mol. The van der Waals surface area contributed by atoms with Crippen molar-refractivity contribution in [2.24, 2.45) is 0 Å². The fourth-order valence-electron chi connectivity index (χ4n) is 2.81. The highest BCUT2D eigenvalue weighted by Crippen LogP contribution is 2.32. The number of rotatable bonds is 1. The van der Waals surface area contributed by atoms with Crippen LogP contribution in [0.25, 0.3) is 0 Å². The van der Waals surface area contributed by atoms with Gasteiger partial charge in [0.25, 0.3) is 5.91 Å². The first-order valence-corrected chi connectivity index (χ1v) is 6.79. The minimum atomic E-state index is -0.594. The van der Waals surface area contributed by atoms with E-state index in [9.17, 15) is 14.4 Å². The predicted molar refractivity (Wildman–Crippen MR) is 72.2 cm³/mol. The van der Waals surface area contributed by atoms with Crippen molar-refractivity contribution in [3.63, 3.8) is 0 Å². The fraction of sp³-hybridized carbons (Fsp3) is 0.357.